The molecule has 0 amide bonds. The van der Waals surface area contributed by atoms with Crippen molar-refractivity contribution in [2.75, 3.05) is 11.4 Å². The summed E-state index contributed by atoms with van der Waals surface area (Å²) in [5.74, 6) is 0.977. The van der Waals surface area contributed by atoms with Crippen LogP contribution < -0.4 is 4.90 Å². The van der Waals surface area contributed by atoms with E-state index in [0.717, 1.165) is 42.4 Å². The second kappa shape index (κ2) is 6.51. The van der Waals surface area contributed by atoms with Gasteiger partial charge in [0.1, 0.15) is 0 Å². The van der Waals surface area contributed by atoms with Crippen LogP contribution >= 0.6 is 0 Å². The van der Waals surface area contributed by atoms with Gasteiger partial charge in [0.05, 0.1) is 17.1 Å². The fourth-order valence-corrected chi connectivity index (χ4v) is 3.20. The van der Waals surface area contributed by atoms with Crippen LogP contribution in [0.4, 0.5) is 5.82 Å². The summed E-state index contributed by atoms with van der Waals surface area (Å²) in [6.45, 7) is 5.73. The molecule has 0 saturated carbocycles. The van der Waals surface area contributed by atoms with Gasteiger partial charge in [-0.15, -0.1) is 0 Å². The molecule has 0 fully saturated rings. The summed E-state index contributed by atoms with van der Waals surface area (Å²) in [7, 11) is 0. The number of nitrogens with zero attached hydrogens (tertiary/aromatic N) is 4. The summed E-state index contributed by atoms with van der Waals surface area (Å²) in [6.07, 6.45) is 6.95. The monoisotopic (exact) mass is 331 g/mol. The van der Waals surface area contributed by atoms with Crippen LogP contribution in [0.1, 0.15) is 33.9 Å². The van der Waals surface area contributed by atoms with Crippen molar-refractivity contribution in [2.24, 2.45) is 0 Å². The predicted octanol–water partition coefficient (Wildman–Crippen LogP) is 3.55. The van der Waals surface area contributed by atoms with Crippen LogP contribution in [0.25, 0.3) is 12.2 Å². The first-order valence-corrected chi connectivity index (χ1v) is 8.55. The zero-order valence-electron chi connectivity index (χ0n) is 14.5. The molecule has 1 N–H and O–H groups in total. The van der Waals surface area contributed by atoms with Crippen molar-refractivity contribution in [1.29, 1.82) is 0 Å². The van der Waals surface area contributed by atoms with Crippen molar-refractivity contribution in [3.63, 3.8) is 0 Å². The Morgan fingerprint density at radius 1 is 1.12 bits per heavy atom. The van der Waals surface area contributed by atoms with E-state index in [-0.39, 0.29) is 0 Å². The standard InChI is InChI=1S/C20H21N5/c1-14-12-21-15(2)20(22-14)25-11-10-19-17(13-25)18(23-24-19)9-8-16-6-4-3-5-7-16/h3-9,12H,10-11,13H2,1-2H3,(H,23,24)/b9-8+. The number of benzene rings is 1. The fraction of sp³-hybridized carbons (Fsp3) is 0.250. The summed E-state index contributed by atoms with van der Waals surface area (Å²) in [5.41, 5.74) is 6.57. The van der Waals surface area contributed by atoms with Gasteiger partial charge in [-0.05, 0) is 25.5 Å². The summed E-state index contributed by atoms with van der Waals surface area (Å²) < 4.78 is 0. The largest absolute Gasteiger partial charge is 0.350 e. The maximum Gasteiger partial charge on any atom is 0.150 e. The second-order valence-electron chi connectivity index (χ2n) is 6.40. The van der Waals surface area contributed by atoms with E-state index in [1.54, 1.807) is 0 Å². The molecule has 0 spiro atoms. The molecule has 3 aromatic rings. The van der Waals surface area contributed by atoms with Gasteiger partial charge < -0.3 is 4.90 Å². The molecule has 126 valence electrons. The number of hydrogen-bond donors (Lipinski definition) is 1. The van der Waals surface area contributed by atoms with Crippen molar-refractivity contribution in [3.05, 3.63) is 70.4 Å². The highest BCUT2D eigenvalue weighted by Crippen LogP contribution is 2.26. The lowest BCUT2D eigenvalue weighted by Crippen LogP contribution is -2.32. The van der Waals surface area contributed by atoms with Crippen molar-refractivity contribution >= 4 is 18.0 Å². The summed E-state index contributed by atoms with van der Waals surface area (Å²) >= 11 is 0. The highest BCUT2D eigenvalue weighted by molar-refractivity contribution is 5.70. The number of rotatable bonds is 3. The van der Waals surface area contributed by atoms with Gasteiger partial charge in [-0.3, -0.25) is 10.1 Å². The number of aryl methyl sites for hydroxylation is 2. The topological polar surface area (TPSA) is 57.7 Å². The van der Waals surface area contributed by atoms with Crippen LogP contribution in [0.5, 0.6) is 0 Å². The molecule has 4 rings (SSSR count). The van der Waals surface area contributed by atoms with E-state index < -0.39 is 0 Å². The minimum Gasteiger partial charge on any atom is -0.350 e. The van der Waals surface area contributed by atoms with Gasteiger partial charge in [0.2, 0.25) is 0 Å². The third kappa shape index (κ3) is 3.18. The number of aromatic amines is 1. The van der Waals surface area contributed by atoms with Crippen molar-refractivity contribution in [3.8, 4) is 0 Å². The Labute approximate surface area is 147 Å². The number of H-pyrrole nitrogens is 1. The van der Waals surface area contributed by atoms with Crippen LogP contribution in [0.2, 0.25) is 0 Å². The van der Waals surface area contributed by atoms with Crippen LogP contribution in [-0.4, -0.2) is 26.7 Å². The Morgan fingerprint density at radius 3 is 2.80 bits per heavy atom. The lowest BCUT2D eigenvalue weighted by atomic mass is 10.0. The predicted molar refractivity (Wildman–Crippen MR) is 100 cm³/mol. The first-order valence-electron chi connectivity index (χ1n) is 8.55. The maximum absolute atomic E-state index is 4.69. The number of aromatic nitrogens is 4. The quantitative estimate of drug-likeness (QED) is 0.797. The van der Waals surface area contributed by atoms with Crippen LogP contribution in [0.3, 0.4) is 0 Å². The average Bonchev–Trinajstić information content (AvgIpc) is 3.05. The number of hydrogen-bond acceptors (Lipinski definition) is 4. The molecule has 25 heavy (non-hydrogen) atoms. The Kier molecular flexibility index (Phi) is 4.06. The molecule has 0 bridgehead atoms. The molecule has 0 saturated heterocycles. The van der Waals surface area contributed by atoms with Crippen molar-refractivity contribution < 1.29 is 0 Å². The minimum absolute atomic E-state index is 0.805. The maximum atomic E-state index is 4.69. The molecule has 0 atom stereocenters. The number of nitrogens with one attached hydrogen (secondary N) is 1. The van der Waals surface area contributed by atoms with E-state index in [1.165, 1.54) is 16.8 Å². The summed E-state index contributed by atoms with van der Waals surface area (Å²) in [4.78, 5) is 11.4. The van der Waals surface area contributed by atoms with Crippen LogP contribution in [0.15, 0.2) is 36.5 Å². The van der Waals surface area contributed by atoms with E-state index in [2.05, 4.69) is 44.4 Å². The third-order valence-corrected chi connectivity index (χ3v) is 4.55. The summed E-state index contributed by atoms with van der Waals surface area (Å²) in [5, 5.41) is 7.70. The highest BCUT2D eigenvalue weighted by Gasteiger charge is 2.23. The van der Waals surface area contributed by atoms with Crippen LogP contribution in [0, 0.1) is 13.8 Å². The third-order valence-electron chi connectivity index (χ3n) is 4.55. The van der Waals surface area contributed by atoms with E-state index in [4.69, 9.17) is 4.98 Å². The van der Waals surface area contributed by atoms with Crippen molar-refractivity contribution in [1.82, 2.24) is 20.2 Å². The van der Waals surface area contributed by atoms with Gasteiger partial charge in [-0.1, -0.05) is 36.4 Å². The van der Waals surface area contributed by atoms with E-state index in [1.807, 2.05) is 38.2 Å². The Bertz CT molecular complexity index is 911. The lowest BCUT2D eigenvalue weighted by Gasteiger charge is -2.29. The van der Waals surface area contributed by atoms with Gasteiger partial charge >= 0.3 is 0 Å². The molecule has 0 aliphatic carbocycles. The molecule has 1 aliphatic heterocycles. The first-order chi connectivity index (χ1) is 12.2. The minimum atomic E-state index is 0.805. The zero-order valence-corrected chi connectivity index (χ0v) is 14.5. The second-order valence-corrected chi connectivity index (χ2v) is 6.40. The first kappa shape index (κ1) is 15.6. The van der Waals surface area contributed by atoms with Gasteiger partial charge in [-0.25, -0.2) is 4.98 Å². The van der Waals surface area contributed by atoms with Crippen LogP contribution in [-0.2, 0) is 13.0 Å². The van der Waals surface area contributed by atoms with Crippen molar-refractivity contribution in [2.45, 2.75) is 26.8 Å². The van der Waals surface area contributed by atoms with Gasteiger partial charge in [0, 0.05) is 37.0 Å². The molecular formula is C20H21N5. The lowest BCUT2D eigenvalue weighted by molar-refractivity contribution is 0.703. The van der Waals surface area contributed by atoms with E-state index in [9.17, 15) is 0 Å². The molecule has 1 aromatic carbocycles. The molecule has 1 aliphatic rings. The average molecular weight is 331 g/mol. The van der Waals surface area contributed by atoms with Gasteiger partial charge in [-0.2, -0.15) is 5.10 Å². The Hall–Kier alpha value is -2.95. The highest BCUT2D eigenvalue weighted by atomic mass is 15.2. The molecule has 0 unspecified atom stereocenters. The summed E-state index contributed by atoms with van der Waals surface area (Å²) in [6, 6.07) is 10.3. The molecular weight excluding hydrogens is 310 g/mol. The zero-order chi connectivity index (χ0) is 17.2. The molecule has 2 aromatic heterocycles. The molecule has 5 heteroatoms. The number of fused-ring (bicyclic) bond motifs is 1. The van der Waals surface area contributed by atoms with E-state index >= 15 is 0 Å². The normalized spacial score (nSPS) is 14.1. The molecule has 0 radical (unpaired) electrons. The number of anilines is 1. The Morgan fingerprint density at radius 2 is 1.96 bits per heavy atom. The molecule has 3 heterocycles. The fourth-order valence-electron chi connectivity index (χ4n) is 3.20. The SMILES string of the molecule is Cc1cnc(C)c(N2CCc3[nH]nc(/C=C/c4ccccc4)c3C2)n1. The van der Waals surface area contributed by atoms with Gasteiger partial charge in [0.25, 0.3) is 0 Å². The smallest absolute Gasteiger partial charge is 0.150 e. The molecule has 5 nitrogen and oxygen atoms in total. The Balaban J connectivity index is 1.61. The van der Waals surface area contributed by atoms with Gasteiger partial charge in [0.15, 0.2) is 5.82 Å². The van der Waals surface area contributed by atoms with E-state index in [0.29, 0.717) is 0 Å².